The van der Waals surface area contributed by atoms with Crippen molar-refractivity contribution in [1.29, 1.82) is 0 Å². The molecule has 13 heteroatoms. The fourth-order valence-corrected chi connectivity index (χ4v) is 7.87. The number of benzene rings is 3. The number of rotatable bonds is 10. The van der Waals surface area contributed by atoms with Crippen molar-refractivity contribution < 1.29 is 26.8 Å². The molecule has 3 aromatic carbocycles. The molecule has 0 N–H and O–H groups in total. The molecule has 3 aliphatic rings. The first-order chi connectivity index (χ1) is 24.2. The summed E-state index contributed by atoms with van der Waals surface area (Å²) in [7, 11) is 0. The highest BCUT2D eigenvalue weighted by atomic mass is 32.2. The van der Waals surface area contributed by atoms with E-state index in [4.69, 9.17) is 4.84 Å². The largest absolute Gasteiger partial charge is 0.416 e. The van der Waals surface area contributed by atoms with Crippen LogP contribution in [0.5, 0.6) is 0 Å². The second-order valence-corrected chi connectivity index (χ2v) is 13.8. The Morgan fingerprint density at radius 2 is 1.58 bits per heavy atom. The van der Waals surface area contributed by atoms with Gasteiger partial charge in [0, 0.05) is 41.2 Å². The van der Waals surface area contributed by atoms with E-state index in [1.165, 1.54) is 42.4 Å². The van der Waals surface area contributed by atoms with Gasteiger partial charge in [0.25, 0.3) is 5.56 Å². The molecular weight excluding hydrogens is 673 g/mol. The monoisotopic (exact) mass is 709 g/mol. The molecule has 4 aromatic rings. The number of amidine groups is 1. The van der Waals surface area contributed by atoms with Gasteiger partial charge in [-0.25, -0.2) is 8.78 Å². The zero-order chi connectivity index (χ0) is 34.8. The predicted octanol–water partition coefficient (Wildman–Crippen LogP) is 7.82. The van der Waals surface area contributed by atoms with Gasteiger partial charge in [-0.2, -0.15) is 18.2 Å². The molecular formula is C37H36F5N5O2S. The van der Waals surface area contributed by atoms with Gasteiger partial charge in [-0.05, 0) is 74.5 Å². The number of hydrogen-bond acceptors (Lipinski definition) is 7. The molecule has 1 unspecified atom stereocenters. The number of halogens is 5. The van der Waals surface area contributed by atoms with Gasteiger partial charge in [0.05, 0.1) is 12.1 Å². The lowest BCUT2D eigenvalue weighted by Crippen LogP contribution is -2.41. The van der Waals surface area contributed by atoms with Gasteiger partial charge in [0.15, 0.2) is 22.6 Å². The third-order valence-electron chi connectivity index (χ3n) is 9.61. The van der Waals surface area contributed by atoms with Gasteiger partial charge in [0.2, 0.25) is 6.23 Å². The molecule has 1 aliphatic carbocycles. The van der Waals surface area contributed by atoms with Crippen molar-refractivity contribution in [2.45, 2.75) is 68.4 Å². The van der Waals surface area contributed by atoms with Crippen molar-refractivity contribution in [2.24, 2.45) is 5.16 Å². The average Bonchev–Trinajstić information content (AvgIpc) is 3.78. The molecule has 0 spiro atoms. The molecule has 1 aromatic heterocycles. The molecule has 50 heavy (non-hydrogen) atoms. The number of fused-ring (bicyclic) bond motifs is 1. The van der Waals surface area contributed by atoms with Gasteiger partial charge in [-0.3, -0.25) is 4.79 Å². The van der Waals surface area contributed by atoms with Crippen molar-refractivity contribution in [3.05, 3.63) is 117 Å². The molecule has 2 aliphatic heterocycles. The Morgan fingerprint density at radius 1 is 0.860 bits per heavy atom. The van der Waals surface area contributed by atoms with E-state index in [0.717, 1.165) is 73.9 Å². The van der Waals surface area contributed by atoms with Gasteiger partial charge >= 0.3 is 6.18 Å². The zero-order valence-electron chi connectivity index (χ0n) is 27.3. The molecule has 1 atom stereocenters. The minimum atomic E-state index is -4.40. The first-order valence-electron chi connectivity index (χ1n) is 16.8. The highest BCUT2D eigenvalue weighted by Crippen LogP contribution is 2.34. The highest BCUT2D eigenvalue weighted by molar-refractivity contribution is 7.98. The molecule has 0 bridgehead atoms. The summed E-state index contributed by atoms with van der Waals surface area (Å²) in [5, 5.41) is 4.96. The maximum Gasteiger partial charge on any atom is 0.416 e. The number of likely N-dealkylation sites (tertiary alicyclic amines) is 1. The van der Waals surface area contributed by atoms with Crippen LogP contribution in [0.1, 0.15) is 59.9 Å². The topological polar surface area (TPSA) is 63.0 Å². The molecule has 1 fully saturated rings. The Balaban J connectivity index is 1.16. The Bertz CT molecular complexity index is 1930. The van der Waals surface area contributed by atoms with Crippen molar-refractivity contribution in [1.82, 2.24) is 19.4 Å². The summed E-state index contributed by atoms with van der Waals surface area (Å²) in [6.07, 6.45) is 0.688. The molecule has 262 valence electrons. The molecule has 0 radical (unpaired) electrons. The number of piperidine rings is 1. The lowest BCUT2D eigenvalue weighted by Gasteiger charge is -2.31. The van der Waals surface area contributed by atoms with Crippen LogP contribution in [-0.4, -0.2) is 51.4 Å². The van der Waals surface area contributed by atoms with Crippen molar-refractivity contribution >= 4 is 17.6 Å². The molecule has 3 heterocycles. The first kappa shape index (κ1) is 34.2. The Kier molecular flexibility index (Phi) is 9.96. The number of thioether (sulfide) groups is 1. The summed E-state index contributed by atoms with van der Waals surface area (Å²) in [5.41, 5.74) is 2.99. The number of nitrogens with zero attached hydrogens (tertiary/aromatic N) is 5. The summed E-state index contributed by atoms with van der Waals surface area (Å²) in [6.45, 7) is 3.72. The first-order valence-corrected chi connectivity index (χ1v) is 17.8. The Labute approximate surface area is 290 Å². The van der Waals surface area contributed by atoms with E-state index in [2.05, 4.69) is 19.9 Å². The van der Waals surface area contributed by atoms with Gasteiger partial charge in [0.1, 0.15) is 0 Å². The lowest BCUT2D eigenvalue weighted by molar-refractivity contribution is -0.137. The van der Waals surface area contributed by atoms with E-state index in [9.17, 15) is 26.7 Å². The molecule has 7 rings (SSSR count). The standard InChI is InChI=1S/C37H36F5N5O2S/c38-30-8-4-6-27(33(30)39)23-50-36-43-34(48)29-7-5-9-31(29)47(36)22-32-44-49-35(46(32)21-20-45-18-2-1-3-19-45)26-12-10-24(11-13-26)25-14-16-28(17-15-25)37(40,41)42/h4,6,8,10-17,35H,1-3,5,7,9,18-23H2. The maximum atomic E-state index is 14.5. The average molecular weight is 710 g/mol. The molecule has 7 nitrogen and oxygen atoms in total. The third kappa shape index (κ3) is 7.29. The normalized spacial score (nSPS) is 17.9. The van der Waals surface area contributed by atoms with Crippen LogP contribution in [0.2, 0.25) is 0 Å². The van der Waals surface area contributed by atoms with Crippen LogP contribution in [-0.2, 0) is 36.2 Å². The van der Waals surface area contributed by atoms with Gasteiger partial charge < -0.3 is 19.2 Å². The van der Waals surface area contributed by atoms with Gasteiger partial charge in [-0.1, -0.05) is 71.9 Å². The van der Waals surface area contributed by atoms with E-state index >= 15 is 0 Å². The molecule has 0 saturated carbocycles. The third-order valence-corrected chi connectivity index (χ3v) is 10.6. The number of alkyl halides is 3. The second-order valence-electron chi connectivity index (χ2n) is 12.8. The Morgan fingerprint density at radius 3 is 2.30 bits per heavy atom. The van der Waals surface area contributed by atoms with Gasteiger partial charge in [-0.15, -0.1) is 0 Å². The van der Waals surface area contributed by atoms with E-state index in [0.29, 0.717) is 41.5 Å². The zero-order valence-corrected chi connectivity index (χ0v) is 28.1. The number of oxime groups is 1. The van der Waals surface area contributed by atoms with E-state index in [1.807, 2.05) is 28.8 Å². The molecule has 0 amide bonds. The van der Waals surface area contributed by atoms with Crippen LogP contribution in [0.25, 0.3) is 11.1 Å². The maximum absolute atomic E-state index is 14.5. The van der Waals surface area contributed by atoms with Crippen molar-refractivity contribution in [2.75, 3.05) is 26.2 Å². The fraction of sp³-hybridized carbons (Fsp3) is 0.378. The smallest absolute Gasteiger partial charge is 0.364 e. The second kappa shape index (κ2) is 14.6. The summed E-state index contributed by atoms with van der Waals surface area (Å²) in [5.74, 6) is -1.11. The number of hydrogen-bond donors (Lipinski definition) is 0. The summed E-state index contributed by atoms with van der Waals surface area (Å²) in [6, 6.07) is 16.7. The van der Waals surface area contributed by atoms with E-state index in [-0.39, 0.29) is 23.4 Å². The fourth-order valence-electron chi connectivity index (χ4n) is 6.89. The quantitative estimate of drug-likeness (QED) is 0.0952. The molecule has 1 saturated heterocycles. The summed E-state index contributed by atoms with van der Waals surface area (Å²) < 4.78 is 69.8. The lowest BCUT2D eigenvalue weighted by atomic mass is 10.0. The van der Waals surface area contributed by atoms with Crippen molar-refractivity contribution in [3.63, 3.8) is 0 Å². The SMILES string of the molecule is O=c1nc(SCc2cccc(F)c2F)n(CC2=NOC(c3ccc(-c4ccc(C(F)(F)F)cc4)cc3)N2CCN2CCCCC2)c2c1CCC2. The van der Waals surface area contributed by atoms with Crippen LogP contribution >= 0.6 is 11.8 Å². The summed E-state index contributed by atoms with van der Waals surface area (Å²) in [4.78, 5) is 28.1. The van der Waals surface area contributed by atoms with E-state index in [1.54, 1.807) is 0 Å². The van der Waals surface area contributed by atoms with E-state index < -0.39 is 29.6 Å². The minimum absolute atomic E-state index is 0.0877. The predicted molar refractivity (Wildman–Crippen MR) is 182 cm³/mol. The number of aromatic nitrogens is 2. The van der Waals surface area contributed by atoms with Crippen LogP contribution in [0.4, 0.5) is 22.0 Å². The minimum Gasteiger partial charge on any atom is -0.364 e. The highest BCUT2D eigenvalue weighted by Gasteiger charge is 2.34. The summed E-state index contributed by atoms with van der Waals surface area (Å²) >= 11 is 1.18. The van der Waals surface area contributed by atoms with Crippen LogP contribution < -0.4 is 5.56 Å². The Hall–Kier alpha value is -4.23. The van der Waals surface area contributed by atoms with Crippen LogP contribution in [0.15, 0.2) is 81.8 Å². The van der Waals surface area contributed by atoms with Crippen LogP contribution in [0.3, 0.4) is 0 Å². The van der Waals surface area contributed by atoms with Crippen LogP contribution in [0, 0.1) is 11.6 Å². The van der Waals surface area contributed by atoms with Crippen molar-refractivity contribution in [3.8, 4) is 11.1 Å².